The molecule has 1 fully saturated rings. The zero-order chi connectivity index (χ0) is 12.7. The SMILES string of the molecule is CC(C)CCC(C)NCC(C)CN1CCCC1. The molecule has 1 rings (SSSR count). The minimum Gasteiger partial charge on any atom is -0.314 e. The Kier molecular flexibility index (Phi) is 7.14. The number of hydrogen-bond donors (Lipinski definition) is 1. The van der Waals surface area contributed by atoms with Crippen LogP contribution in [0.5, 0.6) is 0 Å². The van der Waals surface area contributed by atoms with Gasteiger partial charge in [-0.3, -0.25) is 0 Å². The van der Waals surface area contributed by atoms with Gasteiger partial charge >= 0.3 is 0 Å². The zero-order valence-corrected chi connectivity index (χ0v) is 12.3. The lowest BCUT2D eigenvalue weighted by molar-refractivity contribution is 0.276. The van der Waals surface area contributed by atoms with Gasteiger partial charge < -0.3 is 10.2 Å². The van der Waals surface area contributed by atoms with E-state index >= 15 is 0 Å². The lowest BCUT2D eigenvalue weighted by atomic mass is 10.0. The highest BCUT2D eigenvalue weighted by atomic mass is 15.1. The maximum absolute atomic E-state index is 3.69. The maximum atomic E-state index is 3.69. The molecule has 2 atom stereocenters. The summed E-state index contributed by atoms with van der Waals surface area (Å²) in [5.74, 6) is 1.62. The summed E-state index contributed by atoms with van der Waals surface area (Å²) in [7, 11) is 0. The lowest BCUT2D eigenvalue weighted by Crippen LogP contribution is -2.35. The van der Waals surface area contributed by atoms with E-state index in [1.165, 1.54) is 51.9 Å². The van der Waals surface area contributed by atoms with E-state index in [1.807, 2.05) is 0 Å². The molecule has 0 aromatic rings. The quantitative estimate of drug-likeness (QED) is 0.701. The molecule has 1 N–H and O–H groups in total. The van der Waals surface area contributed by atoms with Crippen LogP contribution in [0, 0.1) is 11.8 Å². The number of rotatable bonds is 8. The van der Waals surface area contributed by atoms with Gasteiger partial charge in [0.15, 0.2) is 0 Å². The van der Waals surface area contributed by atoms with Crippen molar-refractivity contribution in [3.63, 3.8) is 0 Å². The number of nitrogens with zero attached hydrogens (tertiary/aromatic N) is 1. The molecule has 1 saturated heterocycles. The summed E-state index contributed by atoms with van der Waals surface area (Å²) in [6.45, 7) is 14.4. The summed E-state index contributed by atoms with van der Waals surface area (Å²) in [6, 6.07) is 0.679. The highest BCUT2D eigenvalue weighted by molar-refractivity contribution is 4.71. The molecule has 0 saturated carbocycles. The first kappa shape index (κ1) is 15.0. The Morgan fingerprint density at radius 3 is 2.24 bits per heavy atom. The predicted octanol–water partition coefficient (Wildman–Crippen LogP) is 3.13. The van der Waals surface area contributed by atoms with Crippen LogP contribution < -0.4 is 5.32 Å². The van der Waals surface area contributed by atoms with E-state index in [-0.39, 0.29) is 0 Å². The van der Waals surface area contributed by atoms with Crippen LogP contribution in [0.25, 0.3) is 0 Å². The van der Waals surface area contributed by atoms with Gasteiger partial charge in [0.1, 0.15) is 0 Å². The summed E-state index contributed by atoms with van der Waals surface area (Å²) < 4.78 is 0. The van der Waals surface area contributed by atoms with E-state index < -0.39 is 0 Å². The third-order valence-electron chi connectivity index (χ3n) is 3.76. The summed E-state index contributed by atoms with van der Waals surface area (Å²) in [6.07, 6.45) is 5.47. The topological polar surface area (TPSA) is 15.3 Å². The molecule has 0 radical (unpaired) electrons. The van der Waals surface area contributed by atoms with Crippen molar-refractivity contribution in [1.29, 1.82) is 0 Å². The smallest absolute Gasteiger partial charge is 0.00389 e. The van der Waals surface area contributed by atoms with Crippen LogP contribution in [0.4, 0.5) is 0 Å². The summed E-state index contributed by atoms with van der Waals surface area (Å²) >= 11 is 0. The molecular formula is C15H32N2. The van der Waals surface area contributed by atoms with Crippen molar-refractivity contribution in [3.05, 3.63) is 0 Å². The fourth-order valence-corrected chi connectivity index (χ4v) is 2.56. The van der Waals surface area contributed by atoms with Crippen LogP contribution in [0.1, 0.15) is 53.4 Å². The second-order valence-corrected chi connectivity index (χ2v) is 6.39. The molecule has 2 heteroatoms. The van der Waals surface area contributed by atoms with Gasteiger partial charge in [0.2, 0.25) is 0 Å². The first-order valence-electron chi connectivity index (χ1n) is 7.53. The number of nitrogens with one attached hydrogen (secondary N) is 1. The molecule has 0 aliphatic carbocycles. The lowest BCUT2D eigenvalue weighted by Gasteiger charge is -2.22. The minimum atomic E-state index is 0.679. The third kappa shape index (κ3) is 7.05. The first-order valence-corrected chi connectivity index (χ1v) is 7.53. The van der Waals surface area contributed by atoms with E-state index in [1.54, 1.807) is 0 Å². The second-order valence-electron chi connectivity index (χ2n) is 6.39. The summed E-state index contributed by atoms with van der Waals surface area (Å²) in [4.78, 5) is 2.62. The first-order chi connectivity index (χ1) is 8.08. The van der Waals surface area contributed by atoms with Crippen molar-refractivity contribution in [3.8, 4) is 0 Å². The Bertz CT molecular complexity index is 185. The highest BCUT2D eigenvalue weighted by Crippen LogP contribution is 2.10. The molecule has 1 heterocycles. The molecule has 0 aromatic heterocycles. The third-order valence-corrected chi connectivity index (χ3v) is 3.76. The molecule has 0 bridgehead atoms. The number of hydrogen-bond acceptors (Lipinski definition) is 2. The Hall–Kier alpha value is -0.0800. The van der Waals surface area contributed by atoms with Crippen molar-refractivity contribution in [2.75, 3.05) is 26.2 Å². The molecule has 2 unspecified atom stereocenters. The van der Waals surface area contributed by atoms with E-state index in [0.29, 0.717) is 6.04 Å². The molecule has 1 aliphatic rings. The average molecular weight is 240 g/mol. The maximum Gasteiger partial charge on any atom is 0.00389 e. The van der Waals surface area contributed by atoms with Crippen molar-refractivity contribution in [2.45, 2.75) is 59.4 Å². The van der Waals surface area contributed by atoms with Gasteiger partial charge in [0.05, 0.1) is 0 Å². The Balaban J connectivity index is 2.03. The van der Waals surface area contributed by atoms with Gasteiger partial charge in [-0.25, -0.2) is 0 Å². The van der Waals surface area contributed by atoms with Gasteiger partial charge in [0.25, 0.3) is 0 Å². The average Bonchev–Trinajstić information content (AvgIpc) is 2.76. The van der Waals surface area contributed by atoms with E-state index in [0.717, 1.165) is 11.8 Å². The van der Waals surface area contributed by atoms with Crippen LogP contribution in [-0.4, -0.2) is 37.1 Å². The molecule has 0 spiro atoms. The van der Waals surface area contributed by atoms with Gasteiger partial charge in [-0.1, -0.05) is 20.8 Å². The molecule has 0 amide bonds. The highest BCUT2D eigenvalue weighted by Gasteiger charge is 2.14. The van der Waals surface area contributed by atoms with E-state index in [4.69, 9.17) is 0 Å². The van der Waals surface area contributed by atoms with Gasteiger partial charge in [-0.05, 0) is 64.1 Å². The standard InChI is InChI=1S/C15H32N2/c1-13(2)7-8-15(4)16-11-14(3)12-17-9-5-6-10-17/h13-16H,5-12H2,1-4H3. The zero-order valence-electron chi connectivity index (χ0n) is 12.3. The molecule has 0 aromatic carbocycles. The van der Waals surface area contributed by atoms with Crippen molar-refractivity contribution in [1.82, 2.24) is 10.2 Å². The normalized spacial score (nSPS) is 21.0. The van der Waals surface area contributed by atoms with Crippen LogP contribution in [0.3, 0.4) is 0 Å². The Labute approximate surface area is 108 Å². The van der Waals surface area contributed by atoms with Gasteiger partial charge in [-0.2, -0.15) is 0 Å². The van der Waals surface area contributed by atoms with Gasteiger partial charge in [0, 0.05) is 12.6 Å². The van der Waals surface area contributed by atoms with Crippen LogP contribution in [-0.2, 0) is 0 Å². The summed E-state index contributed by atoms with van der Waals surface area (Å²) in [5.41, 5.74) is 0. The Morgan fingerprint density at radius 2 is 1.65 bits per heavy atom. The van der Waals surface area contributed by atoms with Crippen molar-refractivity contribution in [2.24, 2.45) is 11.8 Å². The summed E-state index contributed by atoms with van der Waals surface area (Å²) in [5, 5.41) is 3.69. The Morgan fingerprint density at radius 1 is 1.00 bits per heavy atom. The molecule has 102 valence electrons. The fraction of sp³-hybridized carbons (Fsp3) is 1.00. The van der Waals surface area contributed by atoms with E-state index in [2.05, 4.69) is 37.9 Å². The largest absolute Gasteiger partial charge is 0.314 e. The minimum absolute atomic E-state index is 0.679. The van der Waals surface area contributed by atoms with Gasteiger partial charge in [-0.15, -0.1) is 0 Å². The van der Waals surface area contributed by atoms with E-state index in [9.17, 15) is 0 Å². The van der Waals surface area contributed by atoms with Crippen molar-refractivity contribution >= 4 is 0 Å². The number of likely N-dealkylation sites (tertiary alicyclic amines) is 1. The van der Waals surface area contributed by atoms with Crippen LogP contribution in [0.2, 0.25) is 0 Å². The molecule has 1 aliphatic heterocycles. The monoisotopic (exact) mass is 240 g/mol. The van der Waals surface area contributed by atoms with Crippen LogP contribution in [0.15, 0.2) is 0 Å². The van der Waals surface area contributed by atoms with Crippen molar-refractivity contribution < 1.29 is 0 Å². The predicted molar refractivity (Wildman–Crippen MR) is 76.4 cm³/mol. The second kappa shape index (κ2) is 8.10. The fourth-order valence-electron chi connectivity index (χ4n) is 2.56. The van der Waals surface area contributed by atoms with Crippen LogP contribution >= 0.6 is 0 Å². The molecular weight excluding hydrogens is 208 g/mol. The molecule has 2 nitrogen and oxygen atoms in total. The molecule has 17 heavy (non-hydrogen) atoms.